The molecule has 142 valence electrons. The van der Waals surface area contributed by atoms with Crippen LogP contribution < -0.4 is 15.0 Å². The molecule has 1 aromatic heterocycles. The third kappa shape index (κ3) is 4.90. The van der Waals surface area contributed by atoms with Crippen molar-refractivity contribution in [3.05, 3.63) is 54.5 Å². The van der Waals surface area contributed by atoms with Crippen LogP contribution in [0.4, 0.5) is 18.9 Å². The number of benzene rings is 1. The molecule has 0 saturated carbocycles. The van der Waals surface area contributed by atoms with Crippen molar-refractivity contribution in [2.75, 3.05) is 11.4 Å². The van der Waals surface area contributed by atoms with Gasteiger partial charge >= 0.3 is 6.36 Å². The summed E-state index contributed by atoms with van der Waals surface area (Å²) in [6.45, 7) is 0.265. The fourth-order valence-corrected chi connectivity index (χ4v) is 2.68. The molecular weight excluding hydrogens is 365 g/mol. The number of nitrogens with zero attached hydrogens (tertiary/aromatic N) is 1. The highest BCUT2D eigenvalue weighted by atomic mass is 19.4. The number of nitrogens with one attached hydrogen (secondary N) is 1. The Kier molecular flexibility index (Phi) is 5.20. The van der Waals surface area contributed by atoms with Crippen LogP contribution >= 0.6 is 0 Å². The van der Waals surface area contributed by atoms with Crippen molar-refractivity contribution >= 4 is 23.6 Å². The minimum absolute atomic E-state index is 0.265. The number of hydrogen-bond donors (Lipinski definition) is 1. The molecule has 1 N–H and O–H groups in total. The summed E-state index contributed by atoms with van der Waals surface area (Å²) in [4.78, 5) is 25.7. The van der Waals surface area contributed by atoms with Crippen molar-refractivity contribution < 1.29 is 31.9 Å². The number of carbonyl (C=O) groups is 2. The van der Waals surface area contributed by atoms with Crippen molar-refractivity contribution in [2.24, 2.45) is 0 Å². The van der Waals surface area contributed by atoms with E-state index >= 15 is 0 Å². The molecule has 1 atom stereocenters. The molecule has 3 rings (SSSR count). The van der Waals surface area contributed by atoms with Gasteiger partial charge in [0, 0.05) is 24.4 Å². The summed E-state index contributed by atoms with van der Waals surface area (Å²) in [6, 6.07) is 7.73. The zero-order valence-corrected chi connectivity index (χ0v) is 13.9. The number of amides is 2. The number of ether oxygens (including phenoxy) is 1. The van der Waals surface area contributed by atoms with E-state index in [4.69, 9.17) is 4.42 Å². The highest BCUT2D eigenvalue weighted by Gasteiger charge is 2.34. The average Bonchev–Trinajstić information content (AvgIpc) is 3.22. The molecule has 2 amide bonds. The molecule has 1 unspecified atom stereocenters. The summed E-state index contributed by atoms with van der Waals surface area (Å²) >= 11 is 0. The van der Waals surface area contributed by atoms with Crippen LogP contribution in [0.1, 0.15) is 12.2 Å². The van der Waals surface area contributed by atoms with Crippen molar-refractivity contribution in [2.45, 2.75) is 18.8 Å². The van der Waals surface area contributed by atoms with E-state index in [0.717, 1.165) is 12.1 Å². The standard InChI is InChI=1S/C18H15F3N2O4/c19-18(20,21)27-14-4-1-3-12(11-14)23-9-8-15(17(23)25)22-16(24)7-6-13-5-2-10-26-13/h1-7,10-11,15H,8-9H2,(H,22,24)/b7-6+. The Labute approximate surface area is 152 Å². The minimum atomic E-state index is -4.82. The molecule has 2 heterocycles. The van der Waals surface area contributed by atoms with Gasteiger partial charge in [0.05, 0.1) is 6.26 Å². The van der Waals surface area contributed by atoms with E-state index in [0.29, 0.717) is 12.2 Å². The maximum Gasteiger partial charge on any atom is 0.573 e. The maximum absolute atomic E-state index is 12.5. The van der Waals surface area contributed by atoms with E-state index < -0.39 is 30.0 Å². The molecule has 0 aliphatic carbocycles. The number of carbonyl (C=O) groups excluding carboxylic acids is 2. The zero-order chi connectivity index (χ0) is 19.4. The molecule has 9 heteroatoms. The summed E-state index contributed by atoms with van der Waals surface area (Å²) in [7, 11) is 0. The topological polar surface area (TPSA) is 71.8 Å². The molecule has 1 aliphatic heterocycles. The lowest BCUT2D eigenvalue weighted by atomic mass is 10.2. The summed E-state index contributed by atoms with van der Waals surface area (Å²) in [5.74, 6) is -0.799. The van der Waals surface area contributed by atoms with Crippen LogP contribution in [0.15, 0.2) is 53.2 Å². The third-order valence-corrected chi connectivity index (χ3v) is 3.83. The molecule has 1 saturated heterocycles. The Balaban J connectivity index is 1.63. The lowest BCUT2D eigenvalue weighted by Gasteiger charge is -2.18. The van der Waals surface area contributed by atoms with Gasteiger partial charge in [0.2, 0.25) is 11.8 Å². The van der Waals surface area contributed by atoms with Gasteiger partial charge in [-0.25, -0.2) is 0 Å². The molecule has 27 heavy (non-hydrogen) atoms. The van der Waals surface area contributed by atoms with Gasteiger partial charge in [0.15, 0.2) is 0 Å². The first-order valence-electron chi connectivity index (χ1n) is 8.01. The highest BCUT2D eigenvalue weighted by Crippen LogP contribution is 2.29. The van der Waals surface area contributed by atoms with Gasteiger partial charge in [0.1, 0.15) is 17.6 Å². The number of anilines is 1. The minimum Gasteiger partial charge on any atom is -0.465 e. The maximum atomic E-state index is 12.5. The van der Waals surface area contributed by atoms with Gasteiger partial charge in [0.25, 0.3) is 0 Å². The lowest BCUT2D eigenvalue weighted by Crippen LogP contribution is -2.40. The first-order chi connectivity index (χ1) is 12.8. The predicted octanol–water partition coefficient (Wildman–Crippen LogP) is 3.11. The predicted molar refractivity (Wildman–Crippen MR) is 89.8 cm³/mol. The quantitative estimate of drug-likeness (QED) is 0.809. The zero-order valence-electron chi connectivity index (χ0n) is 13.9. The molecule has 0 spiro atoms. The summed E-state index contributed by atoms with van der Waals surface area (Å²) in [5.41, 5.74) is 0.268. The first-order valence-corrected chi connectivity index (χ1v) is 8.01. The van der Waals surface area contributed by atoms with Crippen LogP contribution in [0.3, 0.4) is 0 Å². The monoisotopic (exact) mass is 380 g/mol. The van der Waals surface area contributed by atoms with Gasteiger partial charge in [-0.1, -0.05) is 6.07 Å². The third-order valence-electron chi connectivity index (χ3n) is 3.83. The number of rotatable bonds is 5. The summed E-state index contributed by atoms with van der Waals surface area (Å²) < 4.78 is 46.0. The fourth-order valence-electron chi connectivity index (χ4n) is 2.68. The number of halogens is 3. The van der Waals surface area contributed by atoms with E-state index in [1.165, 1.54) is 35.4 Å². The fraction of sp³-hybridized carbons (Fsp3) is 0.222. The van der Waals surface area contributed by atoms with E-state index in [1.54, 1.807) is 12.1 Å². The Morgan fingerprint density at radius 2 is 2.11 bits per heavy atom. The Morgan fingerprint density at radius 3 is 2.81 bits per heavy atom. The molecule has 1 aromatic carbocycles. The van der Waals surface area contributed by atoms with Gasteiger partial charge in [-0.05, 0) is 36.8 Å². The summed E-state index contributed by atoms with van der Waals surface area (Å²) in [5, 5.41) is 2.57. The van der Waals surface area contributed by atoms with E-state index in [9.17, 15) is 22.8 Å². The second-order valence-electron chi connectivity index (χ2n) is 5.73. The molecule has 1 fully saturated rings. The Hall–Kier alpha value is -3.23. The van der Waals surface area contributed by atoms with Crippen molar-refractivity contribution in [1.82, 2.24) is 5.32 Å². The average molecular weight is 380 g/mol. The molecule has 0 bridgehead atoms. The van der Waals surface area contributed by atoms with E-state index in [2.05, 4.69) is 10.1 Å². The molecule has 6 nitrogen and oxygen atoms in total. The normalized spacial score (nSPS) is 17.5. The van der Waals surface area contributed by atoms with Crippen LogP contribution in [0.25, 0.3) is 6.08 Å². The number of hydrogen-bond acceptors (Lipinski definition) is 4. The SMILES string of the molecule is O=C(/C=C/c1ccco1)NC1CCN(c2cccc(OC(F)(F)F)c2)C1=O. The van der Waals surface area contributed by atoms with Gasteiger partial charge < -0.3 is 19.4 Å². The van der Waals surface area contributed by atoms with Crippen LogP contribution in [-0.2, 0) is 9.59 Å². The van der Waals surface area contributed by atoms with Gasteiger partial charge in [-0.2, -0.15) is 0 Å². The van der Waals surface area contributed by atoms with Crippen molar-refractivity contribution in [3.63, 3.8) is 0 Å². The van der Waals surface area contributed by atoms with Crippen LogP contribution in [0.5, 0.6) is 5.75 Å². The molecule has 0 radical (unpaired) electrons. The second kappa shape index (κ2) is 7.56. The molecular formula is C18H15F3N2O4. The first kappa shape index (κ1) is 18.6. The van der Waals surface area contributed by atoms with E-state index in [-0.39, 0.29) is 12.2 Å². The molecule has 2 aromatic rings. The van der Waals surface area contributed by atoms with Crippen molar-refractivity contribution in [1.29, 1.82) is 0 Å². The Bertz CT molecular complexity index is 847. The van der Waals surface area contributed by atoms with Crippen LogP contribution in [-0.4, -0.2) is 30.8 Å². The number of furan rings is 1. The largest absolute Gasteiger partial charge is 0.573 e. The van der Waals surface area contributed by atoms with Crippen LogP contribution in [0, 0.1) is 0 Å². The second-order valence-corrected chi connectivity index (χ2v) is 5.73. The van der Waals surface area contributed by atoms with Crippen LogP contribution in [0.2, 0.25) is 0 Å². The summed E-state index contributed by atoms with van der Waals surface area (Å²) in [6.07, 6.45) is -0.308. The van der Waals surface area contributed by atoms with Gasteiger partial charge in [-0.15, -0.1) is 13.2 Å². The lowest BCUT2D eigenvalue weighted by molar-refractivity contribution is -0.274. The van der Waals surface area contributed by atoms with Crippen molar-refractivity contribution in [3.8, 4) is 5.75 Å². The number of alkyl halides is 3. The molecule has 1 aliphatic rings. The smallest absolute Gasteiger partial charge is 0.465 e. The van der Waals surface area contributed by atoms with Gasteiger partial charge in [-0.3, -0.25) is 9.59 Å². The van der Waals surface area contributed by atoms with E-state index in [1.807, 2.05) is 0 Å². The Morgan fingerprint density at radius 1 is 1.30 bits per heavy atom. The highest BCUT2D eigenvalue weighted by molar-refractivity contribution is 6.03.